The lowest BCUT2D eigenvalue weighted by Gasteiger charge is -2.12. The SMILES string of the molecule is COc1cc(C=C2C(=O)N(c3ccc(Cl)c(Cl)c3)N=C2C)ccc1OCC(=O)O. The highest BCUT2D eigenvalue weighted by atomic mass is 35.5. The predicted octanol–water partition coefficient (Wildman–Crippen LogP) is 4.27. The molecule has 29 heavy (non-hydrogen) atoms. The summed E-state index contributed by atoms with van der Waals surface area (Å²) in [5.41, 5.74) is 2.10. The lowest BCUT2D eigenvalue weighted by atomic mass is 10.1. The Morgan fingerprint density at radius 2 is 1.93 bits per heavy atom. The topological polar surface area (TPSA) is 88.4 Å². The first-order valence-electron chi connectivity index (χ1n) is 8.39. The van der Waals surface area contributed by atoms with E-state index in [9.17, 15) is 9.59 Å². The number of benzene rings is 2. The van der Waals surface area contributed by atoms with Gasteiger partial charge in [-0.3, -0.25) is 4.79 Å². The molecule has 1 aliphatic heterocycles. The van der Waals surface area contributed by atoms with Crippen molar-refractivity contribution in [2.24, 2.45) is 5.10 Å². The van der Waals surface area contributed by atoms with E-state index in [0.29, 0.717) is 38.3 Å². The summed E-state index contributed by atoms with van der Waals surface area (Å²) in [4.78, 5) is 23.5. The Balaban J connectivity index is 1.88. The maximum Gasteiger partial charge on any atom is 0.341 e. The number of carboxylic acid groups (broad SMARTS) is 1. The number of amides is 1. The number of ether oxygens (including phenoxy) is 2. The Labute approximate surface area is 176 Å². The van der Waals surface area contributed by atoms with Gasteiger partial charge in [0, 0.05) is 0 Å². The summed E-state index contributed by atoms with van der Waals surface area (Å²) in [6, 6.07) is 9.74. The van der Waals surface area contributed by atoms with Crippen molar-refractivity contribution in [3.8, 4) is 11.5 Å². The third-order valence-corrected chi connectivity index (χ3v) is 4.80. The molecule has 0 radical (unpaired) electrons. The molecule has 0 saturated heterocycles. The third-order valence-electron chi connectivity index (χ3n) is 4.06. The molecule has 7 nitrogen and oxygen atoms in total. The monoisotopic (exact) mass is 434 g/mol. The van der Waals surface area contributed by atoms with E-state index >= 15 is 0 Å². The number of rotatable bonds is 6. The molecule has 1 heterocycles. The van der Waals surface area contributed by atoms with E-state index in [-0.39, 0.29) is 11.7 Å². The zero-order valence-electron chi connectivity index (χ0n) is 15.5. The first-order valence-corrected chi connectivity index (χ1v) is 9.15. The van der Waals surface area contributed by atoms with Crippen LogP contribution in [0.2, 0.25) is 10.0 Å². The number of carboxylic acids is 1. The van der Waals surface area contributed by atoms with Crippen molar-refractivity contribution in [3.05, 3.63) is 57.6 Å². The maximum atomic E-state index is 12.9. The van der Waals surface area contributed by atoms with Crippen molar-refractivity contribution in [2.75, 3.05) is 18.7 Å². The second-order valence-electron chi connectivity index (χ2n) is 6.05. The molecule has 2 aromatic rings. The minimum Gasteiger partial charge on any atom is -0.493 e. The molecule has 1 aliphatic rings. The summed E-state index contributed by atoms with van der Waals surface area (Å²) in [5, 5.41) is 15.0. The highest BCUT2D eigenvalue weighted by Crippen LogP contribution is 2.32. The van der Waals surface area contributed by atoms with Crippen LogP contribution in [0.5, 0.6) is 11.5 Å². The van der Waals surface area contributed by atoms with Crippen LogP contribution in [0.4, 0.5) is 5.69 Å². The number of hydrogen-bond acceptors (Lipinski definition) is 5. The molecule has 1 N–H and O–H groups in total. The van der Waals surface area contributed by atoms with Crippen LogP contribution in [-0.2, 0) is 9.59 Å². The van der Waals surface area contributed by atoms with E-state index in [1.807, 2.05) is 0 Å². The molecule has 0 aromatic heterocycles. The second-order valence-corrected chi connectivity index (χ2v) is 6.87. The number of anilines is 1. The number of nitrogens with zero attached hydrogens (tertiary/aromatic N) is 2. The molecule has 0 unspecified atom stereocenters. The zero-order valence-corrected chi connectivity index (χ0v) is 17.0. The molecular weight excluding hydrogens is 419 g/mol. The van der Waals surface area contributed by atoms with Gasteiger partial charge < -0.3 is 14.6 Å². The van der Waals surface area contributed by atoms with Crippen molar-refractivity contribution in [3.63, 3.8) is 0 Å². The summed E-state index contributed by atoms with van der Waals surface area (Å²) >= 11 is 12.0. The van der Waals surface area contributed by atoms with Gasteiger partial charge in [-0.1, -0.05) is 29.3 Å². The maximum absolute atomic E-state index is 12.9. The number of halogens is 2. The fourth-order valence-corrected chi connectivity index (χ4v) is 2.97. The van der Waals surface area contributed by atoms with E-state index in [1.54, 1.807) is 49.4 Å². The van der Waals surface area contributed by atoms with Crippen molar-refractivity contribution in [1.29, 1.82) is 0 Å². The van der Waals surface area contributed by atoms with Gasteiger partial charge in [0.15, 0.2) is 18.1 Å². The predicted molar refractivity (Wildman–Crippen MR) is 111 cm³/mol. The summed E-state index contributed by atoms with van der Waals surface area (Å²) in [7, 11) is 1.44. The lowest BCUT2D eigenvalue weighted by molar-refractivity contribution is -0.139. The summed E-state index contributed by atoms with van der Waals surface area (Å²) in [5.74, 6) is -0.769. The van der Waals surface area contributed by atoms with Crippen LogP contribution in [-0.4, -0.2) is 36.4 Å². The third kappa shape index (κ3) is 4.52. The van der Waals surface area contributed by atoms with Crippen LogP contribution in [0.3, 0.4) is 0 Å². The Hall–Kier alpha value is -3.03. The first-order chi connectivity index (χ1) is 13.8. The standard InChI is InChI=1S/C20H16Cl2N2O5/c1-11-14(20(27)24(23-11)13-4-5-15(21)16(22)9-13)7-12-3-6-17(18(8-12)28-2)29-10-19(25)26/h3-9H,10H2,1-2H3,(H,25,26). The van der Waals surface area contributed by atoms with Gasteiger partial charge in [0.2, 0.25) is 0 Å². The number of hydrogen-bond donors (Lipinski definition) is 1. The van der Waals surface area contributed by atoms with Gasteiger partial charge >= 0.3 is 5.97 Å². The molecule has 150 valence electrons. The molecule has 0 fully saturated rings. The highest BCUT2D eigenvalue weighted by molar-refractivity contribution is 6.42. The minimum atomic E-state index is -1.09. The Bertz CT molecular complexity index is 1050. The molecule has 0 aliphatic carbocycles. The molecule has 9 heteroatoms. The average Bonchev–Trinajstić information content (AvgIpc) is 2.97. The van der Waals surface area contributed by atoms with Gasteiger partial charge in [0.1, 0.15) is 0 Å². The minimum absolute atomic E-state index is 0.289. The van der Waals surface area contributed by atoms with Crippen LogP contribution in [0.1, 0.15) is 12.5 Å². The van der Waals surface area contributed by atoms with Gasteiger partial charge in [-0.05, 0) is 48.9 Å². The summed E-state index contributed by atoms with van der Waals surface area (Å²) in [6.45, 7) is 1.24. The van der Waals surface area contributed by atoms with Crippen LogP contribution in [0.25, 0.3) is 6.08 Å². The van der Waals surface area contributed by atoms with Crippen LogP contribution >= 0.6 is 23.2 Å². The van der Waals surface area contributed by atoms with Crippen molar-refractivity contribution in [1.82, 2.24) is 0 Å². The molecular formula is C20H16Cl2N2O5. The van der Waals surface area contributed by atoms with Crippen molar-refractivity contribution in [2.45, 2.75) is 6.92 Å². The fraction of sp³-hybridized carbons (Fsp3) is 0.150. The van der Waals surface area contributed by atoms with Crippen LogP contribution in [0.15, 0.2) is 47.1 Å². The van der Waals surface area contributed by atoms with Crippen molar-refractivity contribution >= 4 is 52.6 Å². The van der Waals surface area contributed by atoms with Gasteiger partial charge in [-0.2, -0.15) is 10.1 Å². The quantitative estimate of drug-likeness (QED) is 0.685. The highest BCUT2D eigenvalue weighted by Gasteiger charge is 2.29. The van der Waals surface area contributed by atoms with Gasteiger partial charge in [0.25, 0.3) is 5.91 Å². The van der Waals surface area contributed by atoms with E-state index in [0.717, 1.165) is 0 Å². The van der Waals surface area contributed by atoms with Gasteiger partial charge in [-0.25, -0.2) is 4.79 Å². The number of carbonyl (C=O) groups is 2. The fourth-order valence-electron chi connectivity index (χ4n) is 2.68. The molecule has 3 rings (SSSR count). The van der Waals surface area contributed by atoms with Crippen LogP contribution < -0.4 is 14.5 Å². The average molecular weight is 435 g/mol. The molecule has 0 spiro atoms. The number of methoxy groups -OCH3 is 1. The van der Waals surface area contributed by atoms with E-state index in [1.165, 1.54) is 12.1 Å². The smallest absolute Gasteiger partial charge is 0.341 e. The Morgan fingerprint density at radius 1 is 1.17 bits per heavy atom. The summed E-state index contributed by atoms with van der Waals surface area (Å²) < 4.78 is 10.4. The van der Waals surface area contributed by atoms with E-state index in [2.05, 4.69) is 5.10 Å². The molecule has 0 bridgehead atoms. The van der Waals surface area contributed by atoms with E-state index < -0.39 is 12.6 Å². The number of aliphatic carboxylic acids is 1. The number of hydrazone groups is 1. The van der Waals surface area contributed by atoms with E-state index in [4.69, 9.17) is 37.8 Å². The largest absolute Gasteiger partial charge is 0.493 e. The molecule has 2 aromatic carbocycles. The van der Waals surface area contributed by atoms with Gasteiger partial charge in [-0.15, -0.1) is 0 Å². The van der Waals surface area contributed by atoms with Gasteiger partial charge in [0.05, 0.1) is 34.1 Å². The zero-order chi connectivity index (χ0) is 21.1. The van der Waals surface area contributed by atoms with Crippen LogP contribution in [0, 0.1) is 0 Å². The lowest BCUT2D eigenvalue weighted by Crippen LogP contribution is -2.21. The number of carbonyl (C=O) groups excluding carboxylic acids is 1. The second kappa shape index (κ2) is 8.55. The Morgan fingerprint density at radius 3 is 2.59 bits per heavy atom. The molecule has 0 saturated carbocycles. The first kappa shape index (κ1) is 20.7. The molecule has 0 atom stereocenters. The summed E-state index contributed by atoms with van der Waals surface area (Å²) in [6.07, 6.45) is 1.67. The van der Waals surface area contributed by atoms with Crippen molar-refractivity contribution < 1.29 is 24.2 Å². The normalized spacial score (nSPS) is 14.9. The molecule has 1 amide bonds. The Kier molecular flexibility index (Phi) is 6.10.